The molecular formula is C20H25ClN4O2S. The Kier molecular flexibility index (Phi) is 6.40. The monoisotopic (exact) mass is 420 g/mol. The van der Waals surface area contributed by atoms with Gasteiger partial charge in [-0.2, -0.15) is 0 Å². The lowest BCUT2D eigenvalue weighted by Crippen LogP contribution is -2.21. The Morgan fingerprint density at radius 3 is 2.68 bits per heavy atom. The fraction of sp³-hybridized carbons (Fsp3) is 0.350. The maximum atomic E-state index is 11.7. The molecule has 0 amide bonds. The summed E-state index contributed by atoms with van der Waals surface area (Å²) in [6.07, 6.45) is 2.06. The highest BCUT2D eigenvalue weighted by Crippen LogP contribution is 2.24. The van der Waals surface area contributed by atoms with Gasteiger partial charge in [-0.05, 0) is 43.2 Å². The second-order valence-electron chi connectivity index (χ2n) is 6.85. The largest absolute Gasteiger partial charge is 0.327 e. The number of primary sulfonamides is 1. The van der Waals surface area contributed by atoms with Crippen LogP contribution >= 0.6 is 11.6 Å². The molecule has 0 aliphatic heterocycles. The van der Waals surface area contributed by atoms with Gasteiger partial charge in [-0.25, -0.2) is 18.5 Å². The molecule has 0 radical (unpaired) electrons. The second-order valence-corrected chi connectivity index (χ2v) is 8.82. The number of imidazole rings is 1. The van der Waals surface area contributed by atoms with E-state index in [0.717, 1.165) is 41.3 Å². The SMILES string of the molecule is CCCCn1c(CNC(C)c2ccccc2Cl)nc2cc(S(N)(=O)=O)ccc21. The number of nitrogens with two attached hydrogens (primary N) is 1. The fourth-order valence-corrected chi connectivity index (χ4v) is 4.05. The highest BCUT2D eigenvalue weighted by Gasteiger charge is 2.16. The molecule has 0 aliphatic carbocycles. The average molecular weight is 421 g/mol. The molecule has 1 heterocycles. The van der Waals surface area contributed by atoms with Crippen LogP contribution in [0.5, 0.6) is 0 Å². The van der Waals surface area contributed by atoms with E-state index in [0.29, 0.717) is 12.1 Å². The van der Waals surface area contributed by atoms with Crippen LogP contribution in [0.25, 0.3) is 11.0 Å². The molecule has 6 nitrogen and oxygen atoms in total. The fourth-order valence-electron chi connectivity index (χ4n) is 3.22. The number of fused-ring (bicyclic) bond motifs is 1. The van der Waals surface area contributed by atoms with Gasteiger partial charge in [0.25, 0.3) is 0 Å². The van der Waals surface area contributed by atoms with Crippen LogP contribution in [-0.4, -0.2) is 18.0 Å². The van der Waals surface area contributed by atoms with Gasteiger partial charge in [0.15, 0.2) is 0 Å². The summed E-state index contributed by atoms with van der Waals surface area (Å²) in [6.45, 7) is 5.55. The third kappa shape index (κ3) is 4.55. The summed E-state index contributed by atoms with van der Waals surface area (Å²) < 4.78 is 25.5. The topological polar surface area (TPSA) is 90.0 Å². The Morgan fingerprint density at radius 2 is 2.00 bits per heavy atom. The van der Waals surface area contributed by atoms with Crippen molar-refractivity contribution in [3.8, 4) is 0 Å². The molecule has 1 aromatic heterocycles. The second kappa shape index (κ2) is 8.61. The first-order valence-corrected chi connectivity index (χ1v) is 11.2. The number of halogens is 1. The first-order valence-electron chi connectivity index (χ1n) is 9.31. The molecule has 0 spiro atoms. The number of aryl methyl sites for hydroxylation is 1. The molecule has 3 N–H and O–H groups in total. The normalized spacial score (nSPS) is 13.1. The molecule has 8 heteroatoms. The number of sulfonamides is 1. The molecule has 3 aromatic rings. The van der Waals surface area contributed by atoms with Crippen molar-refractivity contribution in [1.29, 1.82) is 0 Å². The highest BCUT2D eigenvalue weighted by atomic mass is 35.5. The molecule has 0 saturated carbocycles. The van der Waals surface area contributed by atoms with Crippen molar-refractivity contribution in [2.45, 2.75) is 50.7 Å². The Hall–Kier alpha value is -1.93. The number of rotatable bonds is 8. The van der Waals surface area contributed by atoms with Crippen molar-refractivity contribution in [3.05, 3.63) is 58.9 Å². The van der Waals surface area contributed by atoms with Crippen LogP contribution in [0.3, 0.4) is 0 Å². The van der Waals surface area contributed by atoms with Crippen LogP contribution in [0, 0.1) is 0 Å². The Morgan fingerprint density at radius 1 is 1.25 bits per heavy atom. The van der Waals surface area contributed by atoms with E-state index >= 15 is 0 Å². The van der Waals surface area contributed by atoms with E-state index in [2.05, 4.69) is 28.7 Å². The minimum Gasteiger partial charge on any atom is -0.327 e. The first-order chi connectivity index (χ1) is 13.3. The van der Waals surface area contributed by atoms with Crippen molar-refractivity contribution in [2.75, 3.05) is 0 Å². The van der Waals surface area contributed by atoms with Crippen LogP contribution in [0.15, 0.2) is 47.4 Å². The molecule has 1 unspecified atom stereocenters. The minimum atomic E-state index is -3.76. The Bertz CT molecular complexity index is 1080. The van der Waals surface area contributed by atoms with Crippen LogP contribution in [-0.2, 0) is 23.1 Å². The molecule has 2 aromatic carbocycles. The van der Waals surface area contributed by atoms with Gasteiger partial charge in [0, 0.05) is 17.6 Å². The van der Waals surface area contributed by atoms with E-state index in [1.807, 2.05) is 24.3 Å². The average Bonchev–Trinajstić information content (AvgIpc) is 3.00. The summed E-state index contributed by atoms with van der Waals surface area (Å²) in [7, 11) is -3.76. The van der Waals surface area contributed by atoms with Crippen molar-refractivity contribution in [2.24, 2.45) is 5.14 Å². The summed E-state index contributed by atoms with van der Waals surface area (Å²) in [6, 6.07) is 12.6. The van der Waals surface area contributed by atoms with Gasteiger partial charge >= 0.3 is 0 Å². The van der Waals surface area contributed by atoms with E-state index < -0.39 is 10.0 Å². The van der Waals surface area contributed by atoms with Gasteiger partial charge in [0.1, 0.15) is 5.82 Å². The molecule has 0 aliphatic rings. The van der Waals surface area contributed by atoms with Crippen molar-refractivity contribution in [1.82, 2.24) is 14.9 Å². The van der Waals surface area contributed by atoms with Gasteiger partial charge in [-0.15, -0.1) is 0 Å². The maximum Gasteiger partial charge on any atom is 0.238 e. The maximum absolute atomic E-state index is 11.7. The number of aromatic nitrogens is 2. The van der Waals surface area contributed by atoms with Gasteiger partial charge in [-0.1, -0.05) is 43.1 Å². The van der Waals surface area contributed by atoms with Crippen LogP contribution in [0.4, 0.5) is 0 Å². The zero-order chi connectivity index (χ0) is 20.3. The van der Waals surface area contributed by atoms with Crippen molar-refractivity contribution < 1.29 is 8.42 Å². The quantitative estimate of drug-likeness (QED) is 0.576. The van der Waals surface area contributed by atoms with E-state index in [1.165, 1.54) is 12.1 Å². The molecule has 0 fully saturated rings. The predicted molar refractivity (Wildman–Crippen MR) is 113 cm³/mol. The van der Waals surface area contributed by atoms with Gasteiger partial charge < -0.3 is 9.88 Å². The number of nitrogens with zero attached hydrogens (tertiary/aromatic N) is 2. The number of hydrogen-bond donors (Lipinski definition) is 2. The first kappa shape index (κ1) is 20.8. The lowest BCUT2D eigenvalue weighted by atomic mass is 10.1. The third-order valence-corrected chi connectivity index (χ3v) is 6.06. The van der Waals surface area contributed by atoms with Crippen molar-refractivity contribution >= 4 is 32.7 Å². The summed E-state index contributed by atoms with van der Waals surface area (Å²) in [4.78, 5) is 4.75. The van der Waals surface area contributed by atoms with E-state index in [9.17, 15) is 8.42 Å². The minimum absolute atomic E-state index is 0.0492. The lowest BCUT2D eigenvalue weighted by molar-refractivity contribution is 0.530. The number of benzene rings is 2. The molecule has 150 valence electrons. The number of unbranched alkanes of at least 4 members (excludes halogenated alkanes) is 1. The standard InChI is InChI=1S/C20H25ClN4O2S/c1-3-4-11-25-19-10-9-15(28(22,26)27)12-18(19)24-20(25)13-23-14(2)16-7-5-6-8-17(16)21/h5-10,12,14,23H,3-4,11,13H2,1-2H3,(H2,22,26,27). The highest BCUT2D eigenvalue weighted by molar-refractivity contribution is 7.89. The molecule has 0 saturated heterocycles. The zero-order valence-corrected chi connectivity index (χ0v) is 17.6. The van der Waals surface area contributed by atoms with Crippen molar-refractivity contribution in [3.63, 3.8) is 0 Å². The predicted octanol–water partition coefficient (Wildman–Crippen LogP) is 3.99. The molecular weight excluding hydrogens is 396 g/mol. The van der Waals surface area contributed by atoms with E-state index in [1.54, 1.807) is 6.07 Å². The number of nitrogens with one attached hydrogen (secondary N) is 1. The van der Waals surface area contributed by atoms with Crippen LogP contribution < -0.4 is 10.5 Å². The van der Waals surface area contributed by atoms with Gasteiger partial charge in [0.05, 0.1) is 22.5 Å². The summed E-state index contributed by atoms with van der Waals surface area (Å²) in [5.41, 5.74) is 2.56. The van der Waals surface area contributed by atoms with Crippen LogP contribution in [0.1, 0.15) is 44.1 Å². The molecule has 1 atom stereocenters. The van der Waals surface area contributed by atoms with E-state index in [4.69, 9.17) is 16.7 Å². The molecule has 0 bridgehead atoms. The zero-order valence-electron chi connectivity index (χ0n) is 16.0. The van der Waals surface area contributed by atoms with E-state index in [-0.39, 0.29) is 10.9 Å². The Balaban J connectivity index is 1.91. The summed E-state index contributed by atoms with van der Waals surface area (Å²) >= 11 is 6.30. The smallest absolute Gasteiger partial charge is 0.238 e. The summed E-state index contributed by atoms with van der Waals surface area (Å²) in [5, 5.41) is 9.45. The third-order valence-electron chi connectivity index (χ3n) is 4.80. The summed E-state index contributed by atoms with van der Waals surface area (Å²) in [5.74, 6) is 0.855. The van der Waals surface area contributed by atoms with Gasteiger partial charge in [0.2, 0.25) is 10.0 Å². The molecule has 3 rings (SSSR count). The van der Waals surface area contributed by atoms with Gasteiger partial charge in [-0.3, -0.25) is 0 Å². The lowest BCUT2D eigenvalue weighted by Gasteiger charge is -2.16. The number of hydrogen-bond acceptors (Lipinski definition) is 4. The Labute approximate surface area is 170 Å². The molecule has 28 heavy (non-hydrogen) atoms. The van der Waals surface area contributed by atoms with Crippen LogP contribution in [0.2, 0.25) is 5.02 Å².